The van der Waals surface area contributed by atoms with Crippen LogP contribution in [0.2, 0.25) is 0 Å². The second kappa shape index (κ2) is 5.66. The first-order valence-corrected chi connectivity index (χ1v) is 7.01. The molecular formula is C17H17FN2O. The van der Waals surface area contributed by atoms with E-state index < -0.39 is 0 Å². The molecule has 1 N–H and O–H groups in total. The molecule has 0 fully saturated rings. The standard InChI is InChI=1S/C17H17FN2O/c1-20(16-4-2-3-15(18)10-16)17(21)13-6-5-12-7-8-19-11-14(12)9-13/h2-6,9-10,19H,7-8,11H2,1H3. The Kier molecular flexibility index (Phi) is 3.71. The minimum atomic E-state index is -0.346. The fourth-order valence-corrected chi connectivity index (χ4v) is 2.61. The van der Waals surface area contributed by atoms with Crippen molar-refractivity contribution in [3.63, 3.8) is 0 Å². The predicted octanol–water partition coefficient (Wildman–Crippen LogP) is 2.75. The van der Waals surface area contributed by atoms with Crippen molar-refractivity contribution in [3.8, 4) is 0 Å². The molecule has 1 heterocycles. The fraction of sp³-hybridized carbons (Fsp3) is 0.235. The minimum absolute atomic E-state index is 0.131. The SMILES string of the molecule is CN(C(=O)c1ccc2c(c1)CNCC2)c1cccc(F)c1. The van der Waals surface area contributed by atoms with Crippen LogP contribution in [-0.2, 0) is 13.0 Å². The van der Waals surface area contributed by atoms with E-state index in [0.29, 0.717) is 11.3 Å². The van der Waals surface area contributed by atoms with Gasteiger partial charge in [-0.3, -0.25) is 4.79 Å². The van der Waals surface area contributed by atoms with Crippen LogP contribution in [-0.4, -0.2) is 19.5 Å². The van der Waals surface area contributed by atoms with E-state index in [1.807, 2.05) is 18.2 Å². The second-order valence-corrected chi connectivity index (χ2v) is 5.25. The van der Waals surface area contributed by atoms with Gasteiger partial charge in [0.25, 0.3) is 5.91 Å². The van der Waals surface area contributed by atoms with Crippen LogP contribution in [0.4, 0.5) is 10.1 Å². The number of nitrogens with zero attached hydrogens (tertiary/aromatic N) is 1. The van der Waals surface area contributed by atoms with Crippen molar-refractivity contribution in [3.05, 3.63) is 65.0 Å². The number of hydrogen-bond acceptors (Lipinski definition) is 2. The molecular weight excluding hydrogens is 267 g/mol. The lowest BCUT2D eigenvalue weighted by Gasteiger charge is -2.20. The Hall–Kier alpha value is -2.20. The first-order valence-electron chi connectivity index (χ1n) is 7.01. The van der Waals surface area contributed by atoms with Crippen molar-refractivity contribution in [1.29, 1.82) is 0 Å². The molecule has 108 valence electrons. The third-order valence-corrected chi connectivity index (χ3v) is 3.84. The molecule has 0 saturated heterocycles. The zero-order valence-electron chi connectivity index (χ0n) is 11.9. The second-order valence-electron chi connectivity index (χ2n) is 5.25. The summed E-state index contributed by atoms with van der Waals surface area (Å²) in [7, 11) is 1.66. The molecule has 0 radical (unpaired) electrons. The van der Waals surface area contributed by atoms with E-state index in [-0.39, 0.29) is 11.7 Å². The van der Waals surface area contributed by atoms with Crippen molar-refractivity contribution in [1.82, 2.24) is 5.32 Å². The Morgan fingerprint density at radius 2 is 2.05 bits per heavy atom. The summed E-state index contributed by atoms with van der Waals surface area (Å²) in [5.41, 5.74) is 3.64. The fourth-order valence-electron chi connectivity index (χ4n) is 2.61. The van der Waals surface area contributed by atoms with Crippen molar-refractivity contribution in [2.75, 3.05) is 18.5 Å². The molecule has 4 heteroatoms. The lowest BCUT2D eigenvalue weighted by atomic mass is 9.98. The van der Waals surface area contributed by atoms with E-state index in [4.69, 9.17) is 0 Å². The first-order chi connectivity index (χ1) is 10.1. The number of rotatable bonds is 2. The summed E-state index contributed by atoms with van der Waals surface area (Å²) in [4.78, 5) is 14.0. The van der Waals surface area contributed by atoms with Gasteiger partial charge in [-0.05, 0) is 54.4 Å². The van der Waals surface area contributed by atoms with Crippen molar-refractivity contribution in [2.45, 2.75) is 13.0 Å². The molecule has 1 aliphatic heterocycles. The molecule has 0 atom stereocenters. The number of nitrogens with one attached hydrogen (secondary N) is 1. The van der Waals surface area contributed by atoms with Gasteiger partial charge in [-0.25, -0.2) is 4.39 Å². The molecule has 0 saturated carbocycles. The van der Waals surface area contributed by atoms with Crippen LogP contribution in [0.15, 0.2) is 42.5 Å². The Labute approximate surface area is 123 Å². The zero-order valence-corrected chi connectivity index (χ0v) is 11.9. The molecule has 0 aliphatic carbocycles. The number of amides is 1. The van der Waals surface area contributed by atoms with Gasteiger partial charge in [0.2, 0.25) is 0 Å². The molecule has 3 rings (SSSR count). The van der Waals surface area contributed by atoms with Crippen molar-refractivity contribution < 1.29 is 9.18 Å². The van der Waals surface area contributed by atoms with Crippen molar-refractivity contribution >= 4 is 11.6 Å². The molecule has 2 aromatic rings. The minimum Gasteiger partial charge on any atom is -0.312 e. The number of halogens is 1. The molecule has 0 bridgehead atoms. The number of carbonyl (C=O) groups excluding carboxylic acids is 1. The average molecular weight is 284 g/mol. The lowest BCUT2D eigenvalue weighted by Crippen LogP contribution is -2.28. The van der Waals surface area contributed by atoms with Gasteiger partial charge in [-0.1, -0.05) is 12.1 Å². The normalized spacial score (nSPS) is 13.6. The van der Waals surface area contributed by atoms with Crippen LogP contribution >= 0.6 is 0 Å². The Balaban J connectivity index is 1.88. The summed E-state index contributed by atoms with van der Waals surface area (Å²) in [6.07, 6.45) is 0.990. The van der Waals surface area contributed by atoms with Gasteiger partial charge in [0.15, 0.2) is 0 Å². The molecule has 3 nitrogen and oxygen atoms in total. The Morgan fingerprint density at radius 3 is 2.86 bits per heavy atom. The quantitative estimate of drug-likeness (QED) is 0.919. The van der Waals surface area contributed by atoms with Gasteiger partial charge in [0, 0.05) is 24.8 Å². The van der Waals surface area contributed by atoms with Crippen molar-refractivity contribution in [2.24, 2.45) is 0 Å². The molecule has 1 amide bonds. The highest BCUT2D eigenvalue weighted by molar-refractivity contribution is 6.05. The molecule has 21 heavy (non-hydrogen) atoms. The maximum absolute atomic E-state index is 13.3. The predicted molar refractivity (Wildman–Crippen MR) is 81.0 cm³/mol. The zero-order chi connectivity index (χ0) is 14.8. The highest BCUT2D eigenvalue weighted by Gasteiger charge is 2.16. The monoisotopic (exact) mass is 284 g/mol. The Bertz CT molecular complexity index is 684. The van der Waals surface area contributed by atoms with Gasteiger partial charge >= 0.3 is 0 Å². The van der Waals surface area contributed by atoms with E-state index >= 15 is 0 Å². The van der Waals surface area contributed by atoms with Gasteiger partial charge in [0.1, 0.15) is 5.82 Å². The number of fused-ring (bicyclic) bond motifs is 1. The van der Waals surface area contributed by atoms with Gasteiger partial charge < -0.3 is 10.2 Å². The average Bonchev–Trinajstić information content (AvgIpc) is 2.53. The van der Waals surface area contributed by atoms with Gasteiger partial charge in [-0.15, -0.1) is 0 Å². The van der Waals surface area contributed by atoms with E-state index in [1.165, 1.54) is 28.2 Å². The molecule has 0 spiro atoms. The first kappa shape index (κ1) is 13.8. The third-order valence-electron chi connectivity index (χ3n) is 3.84. The van der Waals surface area contributed by atoms with E-state index in [0.717, 1.165) is 19.5 Å². The third kappa shape index (κ3) is 2.81. The van der Waals surface area contributed by atoms with Crippen LogP contribution < -0.4 is 10.2 Å². The maximum atomic E-state index is 13.3. The van der Waals surface area contributed by atoms with Gasteiger partial charge in [-0.2, -0.15) is 0 Å². The number of anilines is 1. The molecule has 2 aromatic carbocycles. The summed E-state index contributed by atoms with van der Waals surface area (Å²) >= 11 is 0. The number of hydrogen-bond donors (Lipinski definition) is 1. The van der Waals surface area contributed by atoms with Gasteiger partial charge in [0.05, 0.1) is 0 Å². The summed E-state index contributed by atoms with van der Waals surface area (Å²) in [6, 6.07) is 11.8. The number of benzene rings is 2. The van der Waals surface area contributed by atoms with Crippen LogP contribution in [0.5, 0.6) is 0 Å². The van der Waals surface area contributed by atoms with Crippen LogP contribution in [0.1, 0.15) is 21.5 Å². The van der Waals surface area contributed by atoms with E-state index in [1.54, 1.807) is 19.2 Å². The topological polar surface area (TPSA) is 32.3 Å². The number of carbonyl (C=O) groups is 1. The highest BCUT2D eigenvalue weighted by Crippen LogP contribution is 2.20. The summed E-state index contributed by atoms with van der Waals surface area (Å²) < 4.78 is 13.3. The summed E-state index contributed by atoms with van der Waals surface area (Å²) in [5, 5.41) is 3.30. The Morgan fingerprint density at radius 1 is 1.19 bits per heavy atom. The summed E-state index contributed by atoms with van der Waals surface area (Å²) in [6.45, 7) is 1.77. The maximum Gasteiger partial charge on any atom is 0.258 e. The largest absolute Gasteiger partial charge is 0.312 e. The highest BCUT2D eigenvalue weighted by atomic mass is 19.1. The van der Waals surface area contributed by atoms with E-state index in [9.17, 15) is 9.18 Å². The van der Waals surface area contributed by atoms with E-state index in [2.05, 4.69) is 5.32 Å². The summed E-state index contributed by atoms with van der Waals surface area (Å²) in [5.74, 6) is -0.476. The van der Waals surface area contributed by atoms with Crippen LogP contribution in [0, 0.1) is 5.82 Å². The lowest BCUT2D eigenvalue weighted by molar-refractivity contribution is 0.0993. The van der Waals surface area contributed by atoms with Crippen LogP contribution in [0.3, 0.4) is 0 Å². The molecule has 0 aromatic heterocycles. The molecule has 1 aliphatic rings. The van der Waals surface area contributed by atoms with Crippen LogP contribution in [0.25, 0.3) is 0 Å². The smallest absolute Gasteiger partial charge is 0.258 e. The molecule has 0 unspecified atom stereocenters.